The lowest BCUT2D eigenvalue weighted by Crippen LogP contribution is -1.96. The second-order valence-corrected chi connectivity index (χ2v) is 4.81. The lowest BCUT2D eigenvalue weighted by Gasteiger charge is -2.02. The number of aromatic nitrogens is 3. The Labute approximate surface area is 111 Å². The highest BCUT2D eigenvalue weighted by Gasteiger charge is 2.08. The van der Waals surface area contributed by atoms with Gasteiger partial charge in [-0.15, -0.1) is 0 Å². The smallest absolute Gasteiger partial charge is 0.264 e. The minimum absolute atomic E-state index is 0.338. The van der Waals surface area contributed by atoms with Gasteiger partial charge in [-0.25, -0.2) is 15.0 Å². The molecule has 0 aromatic carbocycles. The summed E-state index contributed by atoms with van der Waals surface area (Å²) < 4.78 is 0. The zero-order valence-electron chi connectivity index (χ0n) is 8.57. The third kappa shape index (κ3) is 3.12. The summed E-state index contributed by atoms with van der Waals surface area (Å²) in [4.78, 5) is 23.3. The molecule has 0 amide bonds. The molecule has 0 saturated carbocycles. The maximum Gasteiger partial charge on any atom is 0.264 e. The molecule has 0 aliphatic rings. The number of hydrogen-bond acceptors (Lipinski definition) is 6. The van der Waals surface area contributed by atoms with E-state index in [2.05, 4.69) is 20.3 Å². The van der Waals surface area contributed by atoms with Gasteiger partial charge in [-0.05, 0) is 18.5 Å². The largest absolute Gasteiger partial charge is 0.316 e. The fourth-order valence-electron chi connectivity index (χ4n) is 1.13. The average molecular weight is 289 g/mol. The molecule has 2 heterocycles. The van der Waals surface area contributed by atoms with Gasteiger partial charge in [0.2, 0.25) is 0 Å². The number of aryl methyl sites for hydroxylation is 1. The summed E-state index contributed by atoms with van der Waals surface area (Å²) in [6, 6.07) is 1.57. The molecule has 8 heteroatoms. The molecule has 2 rings (SSSR count). The molecule has 2 aromatic rings. The molecule has 0 spiro atoms. The van der Waals surface area contributed by atoms with Crippen LogP contribution in [0.25, 0.3) is 0 Å². The van der Waals surface area contributed by atoms with Crippen molar-refractivity contribution in [3.63, 3.8) is 0 Å². The Kier molecular flexibility index (Phi) is 3.56. The number of halogens is 2. The molecule has 0 bridgehead atoms. The van der Waals surface area contributed by atoms with Crippen molar-refractivity contribution in [3.05, 3.63) is 28.1 Å². The van der Waals surface area contributed by atoms with Crippen LogP contribution in [-0.2, 0) is 0 Å². The van der Waals surface area contributed by atoms with Crippen LogP contribution in [0.2, 0.25) is 5.15 Å². The van der Waals surface area contributed by atoms with Crippen molar-refractivity contribution in [2.45, 2.75) is 6.92 Å². The molecular weight excluding hydrogens is 283 g/mol. The minimum atomic E-state index is -0.535. The third-order valence-corrected chi connectivity index (χ3v) is 3.16. The maximum atomic E-state index is 10.9. The van der Waals surface area contributed by atoms with E-state index in [4.69, 9.17) is 23.2 Å². The fraction of sp³-hybridized carbons (Fsp3) is 0.111. The highest BCUT2D eigenvalue weighted by atomic mass is 35.5. The average Bonchev–Trinajstić information content (AvgIpc) is 2.64. The molecule has 0 aliphatic carbocycles. The molecule has 0 aliphatic heterocycles. The van der Waals surface area contributed by atoms with Gasteiger partial charge in [0.25, 0.3) is 5.24 Å². The van der Waals surface area contributed by atoms with Crippen LogP contribution in [0.3, 0.4) is 0 Å². The van der Waals surface area contributed by atoms with Crippen molar-refractivity contribution in [1.82, 2.24) is 15.0 Å². The molecule has 1 N–H and O–H groups in total. The van der Waals surface area contributed by atoms with Crippen molar-refractivity contribution < 1.29 is 4.79 Å². The van der Waals surface area contributed by atoms with Crippen LogP contribution in [0, 0.1) is 6.92 Å². The summed E-state index contributed by atoms with van der Waals surface area (Å²) in [5, 5.41) is 3.24. The number of anilines is 2. The Bertz CT molecular complexity index is 552. The van der Waals surface area contributed by atoms with E-state index in [1.54, 1.807) is 13.0 Å². The summed E-state index contributed by atoms with van der Waals surface area (Å²) in [7, 11) is 0. The number of carbonyl (C=O) groups excluding carboxylic acids is 1. The molecule has 0 atom stereocenters. The van der Waals surface area contributed by atoms with Gasteiger partial charge in [-0.1, -0.05) is 22.9 Å². The highest BCUT2D eigenvalue weighted by Crippen LogP contribution is 2.23. The monoisotopic (exact) mass is 288 g/mol. The Morgan fingerprint density at radius 1 is 1.47 bits per heavy atom. The van der Waals surface area contributed by atoms with E-state index in [0.717, 1.165) is 11.3 Å². The predicted octanol–water partition coefficient (Wildman–Crippen LogP) is 3.02. The summed E-state index contributed by atoms with van der Waals surface area (Å²) in [5.41, 5.74) is 0. The van der Waals surface area contributed by atoms with Crippen molar-refractivity contribution >= 4 is 50.7 Å². The number of nitrogens with zero attached hydrogens (tertiary/aromatic N) is 3. The van der Waals surface area contributed by atoms with Crippen molar-refractivity contribution in [2.75, 3.05) is 5.32 Å². The van der Waals surface area contributed by atoms with Gasteiger partial charge in [-0.2, -0.15) is 0 Å². The summed E-state index contributed by atoms with van der Waals surface area (Å²) in [6.07, 6.45) is 1.40. The van der Waals surface area contributed by atoms with Gasteiger partial charge in [0.05, 0.1) is 6.20 Å². The first-order chi connectivity index (χ1) is 8.04. The minimum Gasteiger partial charge on any atom is -0.316 e. The molecule has 0 saturated heterocycles. The van der Waals surface area contributed by atoms with E-state index in [-0.39, 0.29) is 0 Å². The van der Waals surface area contributed by atoms with Crippen LogP contribution < -0.4 is 5.32 Å². The second-order valence-electron chi connectivity index (χ2n) is 3.05. The van der Waals surface area contributed by atoms with E-state index in [0.29, 0.717) is 26.8 Å². The number of nitrogens with one attached hydrogen (secondary N) is 1. The van der Waals surface area contributed by atoms with E-state index >= 15 is 0 Å². The summed E-state index contributed by atoms with van der Waals surface area (Å²) in [5.74, 6) is 1.07. The molecular formula is C9H6Cl2N4OS. The Balaban J connectivity index is 2.22. The van der Waals surface area contributed by atoms with Gasteiger partial charge < -0.3 is 5.32 Å². The Hall–Kier alpha value is -1.24. The van der Waals surface area contributed by atoms with Crippen LogP contribution in [0.5, 0.6) is 0 Å². The van der Waals surface area contributed by atoms with Crippen LogP contribution in [0.4, 0.5) is 10.9 Å². The Morgan fingerprint density at radius 2 is 2.24 bits per heavy atom. The van der Waals surface area contributed by atoms with Crippen molar-refractivity contribution in [2.24, 2.45) is 0 Å². The first kappa shape index (κ1) is 12.2. The second kappa shape index (κ2) is 4.95. The summed E-state index contributed by atoms with van der Waals surface area (Å²) >= 11 is 12.3. The van der Waals surface area contributed by atoms with Crippen molar-refractivity contribution in [3.8, 4) is 0 Å². The van der Waals surface area contributed by atoms with E-state index in [1.165, 1.54) is 6.20 Å². The third-order valence-electron chi connectivity index (χ3n) is 1.74. The molecule has 5 nitrogen and oxygen atoms in total. The maximum absolute atomic E-state index is 10.9. The highest BCUT2D eigenvalue weighted by molar-refractivity contribution is 7.19. The van der Waals surface area contributed by atoms with Gasteiger partial charge >= 0.3 is 0 Å². The number of hydrogen-bond donors (Lipinski definition) is 1. The topological polar surface area (TPSA) is 67.8 Å². The SMILES string of the molecule is Cc1nc(Cl)cc(Nc2ncc(C(=O)Cl)s2)n1. The zero-order valence-corrected chi connectivity index (χ0v) is 10.9. The standard InChI is InChI=1S/C9H6Cl2N4OS/c1-4-13-6(10)2-7(14-4)15-9-12-3-5(17-9)8(11)16/h2-3H,1H3,(H,12,13,14,15). The molecule has 0 unspecified atom stereocenters. The molecule has 2 aromatic heterocycles. The first-order valence-electron chi connectivity index (χ1n) is 4.48. The fourth-order valence-corrected chi connectivity index (χ4v) is 2.17. The lowest BCUT2D eigenvalue weighted by atomic mass is 10.5. The van der Waals surface area contributed by atoms with Crippen LogP contribution in [0.15, 0.2) is 12.3 Å². The van der Waals surface area contributed by atoms with E-state index < -0.39 is 5.24 Å². The zero-order chi connectivity index (χ0) is 12.4. The van der Waals surface area contributed by atoms with Crippen molar-refractivity contribution in [1.29, 1.82) is 0 Å². The molecule has 17 heavy (non-hydrogen) atoms. The van der Waals surface area contributed by atoms with Gasteiger partial charge in [0.15, 0.2) is 5.13 Å². The summed E-state index contributed by atoms with van der Waals surface area (Å²) in [6.45, 7) is 1.73. The van der Waals surface area contributed by atoms with E-state index in [1.807, 2.05) is 0 Å². The van der Waals surface area contributed by atoms with Crippen LogP contribution in [-0.4, -0.2) is 20.2 Å². The quantitative estimate of drug-likeness (QED) is 0.695. The van der Waals surface area contributed by atoms with Gasteiger partial charge in [-0.3, -0.25) is 4.79 Å². The molecule has 0 radical (unpaired) electrons. The first-order valence-corrected chi connectivity index (χ1v) is 6.06. The van der Waals surface area contributed by atoms with E-state index in [9.17, 15) is 4.79 Å². The lowest BCUT2D eigenvalue weighted by molar-refractivity contribution is 0.108. The number of thiazole rings is 1. The van der Waals surface area contributed by atoms with Crippen LogP contribution >= 0.6 is 34.5 Å². The Morgan fingerprint density at radius 3 is 2.82 bits per heavy atom. The predicted molar refractivity (Wildman–Crippen MR) is 67.4 cm³/mol. The normalized spacial score (nSPS) is 10.3. The molecule has 0 fully saturated rings. The molecule has 88 valence electrons. The number of carbonyl (C=O) groups is 1. The van der Waals surface area contributed by atoms with Gasteiger partial charge in [0.1, 0.15) is 21.7 Å². The van der Waals surface area contributed by atoms with Gasteiger partial charge in [0, 0.05) is 6.07 Å². The number of rotatable bonds is 3. The van der Waals surface area contributed by atoms with Crippen LogP contribution in [0.1, 0.15) is 15.5 Å².